The molecular formula is C25H23F3N8O2. The highest BCUT2D eigenvalue weighted by Gasteiger charge is 2.37. The molecule has 0 aliphatic carbocycles. The van der Waals surface area contributed by atoms with Gasteiger partial charge in [0.1, 0.15) is 12.6 Å². The minimum atomic E-state index is -4.60. The largest absolute Gasteiger partial charge is 0.408 e. The first-order valence-corrected chi connectivity index (χ1v) is 11.6. The van der Waals surface area contributed by atoms with E-state index in [0.29, 0.717) is 22.4 Å². The number of carbonyl (C=O) groups is 1. The summed E-state index contributed by atoms with van der Waals surface area (Å²) in [6.07, 6.45) is 2.00. The van der Waals surface area contributed by atoms with Gasteiger partial charge in [0.15, 0.2) is 5.82 Å². The maximum Gasteiger partial charge on any atom is 0.408 e. The number of nitrogens with zero attached hydrogens (tertiary/aromatic N) is 7. The van der Waals surface area contributed by atoms with Gasteiger partial charge in [0.2, 0.25) is 5.91 Å². The number of imidazole rings is 1. The lowest BCUT2D eigenvalue weighted by molar-refractivity contribution is -0.158. The van der Waals surface area contributed by atoms with Crippen molar-refractivity contribution in [2.75, 3.05) is 0 Å². The van der Waals surface area contributed by atoms with Crippen molar-refractivity contribution in [1.29, 1.82) is 0 Å². The monoisotopic (exact) mass is 524 g/mol. The first-order chi connectivity index (χ1) is 18.0. The van der Waals surface area contributed by atoms with Crippen LogP contribution in [0.5, 0.6) is 0 Å². The lowest BCUT2D eigenvalue weighted by Gasteiger charge is -2.17. The zero-order valence-electron chi connectivity index (χ0n) is 20.9. The smallest absolute Gasteiger partial charge is 0.343 e. The molecule has 0 saturated carbocycles. The molecule has 0 aliphatic heterocycles. The number of hydrogen-bond donors (Lipinski definition) is 1. The van der Waals surface area contributed by atoms with Crippen LogP contribution in [-0.4, -0.2) is 52.0 Å². The van der Waals surface area contributed by atoms with Crippen molar-refractivity contribution in [3.05, 3.63) is 64.7 Å². The van der Waals surface area contributed by atoms with Crippen LogP contribution in [0.2, 0.25) is 0 Å². The van der Waals surface area contributed by atoms with E-state index in [1.165, 1.54) is 10.8 Å². The number of aryl methyl sites for hydroxylation is 3. The number of aromatic nitrogens is 7. The Kier molecular flexibility index (Phi) is 6.00. The van der Waals surface area contributed by atoms with Gasteiger partial charge >= 0.3 is 11.9 Å². The van der Waals surface area contributed by atoms with Crippen LogP contribution < -0.4 is 11.0 Å². The van der Waals surface area contributed by atoms with Gasteiger partial charge in [0.25, 0.3) is 0 Å². The predicted molar refractivity (Wildman–Crippen MR) is 134 cm³/mol. The van der Waals surface area contributed by atoms with E-state index in [0.717, 1.165) is 33.5 Å². The normalized spacial score (nSPS) is 12.8. The van der Waals surface area contributed by atoms with E-state index in [-0.39, 0.29) is 5.82 Å². The summed E-state index contributed by atoms with van der Waals surface area (Å²) < 4.78 is 43.0. The van der Waals surface area contributed by atoms with Gasteiger partial charge < -0.3 is 5.32 Å². The summed E-state index contributed by atoms with van der Waals surface area (Å²) >= 11 is 0. The van der Waals surface area contributed by atoms with Crippen molar-refractivity contribution in [3.8, 4) is 17.1 Å². The van der Waals surface area contributed by atoms with E-state index >= 15 is 0 Å². The number of carbonyl (C=O) groups excluding carboxylic acids is 1. The highest BCUT2D eigenvalue weighted by molar-refractivity contribution is 5.92. The molecular weight excluding hydrogens is 501 g/mol. The second-order valence-electron chi connectivity index (χ2n) is 9.03. The van der Waals surface area contributed by atoms with Gasteiger partial charge in [-0.2, -0.15) is 18.3 Å². The minimum Gasteiger partial charge on any atom is -0.343 e. The Balaban J connectivity index is 1.60. The van der Waals surface area contributed by atoms with Crippen LogP contribution in [0.4, 0.5) is 13.2 Å². The van der Waals surface area contributed by atoms with Gasteiger partial charge in [-0.3, -0.25) is 19.0 Å². The molecule has 4 aromatic heterocycles. The fourth-order valence-electron chi connectivity index (χ4n) is 4.42. The van der Waals surface area contributed by atoms with Crippen molar-refractivity contribution in [2.24, 2.45) is 7.05 Å². The van der Waals surface area contributed by atoms with E-state index < -0.39 is 30.4 Å². The number of rotatable bonds is 5. The highest BCUT2D eigenvalue weighted by atomic mass is 19.4. The van der Waals surface area contributed by atoms with Crippen LogP contribution in [0, 0.1) is 13.8 Å². The molecule has 38 heavy (non-hydrogen) atoms. The number of pyridine rings is 1. The summed E-state index contributed by atoms with van der Waals surface area (Å²) in [7, 11) is 1.81. The lowest BCUT2D eigenvalue weighted by atomic mass is 10.1. The average Bonchev–Trinajstić information content (AvgIpc) is 3.37. The first-order valence-electron chi connectivity index (χ1n) is 11.6. The second kappa shape index (κ2) is 9.08. The molecule has 10 nitrogen and oxygen atoms in total. The highest BCUT2D eigenvalue weighted by Crippen LogP contribution is 2.28. The van der Waals surface area contributed by atoms with Crippen molar-refractivity contribution < 1.29 is 18.0 Å². The van der Waals surface area contributed by atoms with Crippen LogP contribution >= 0.6 is 0 Å². The van der Waals surface area contributed by atoms with Gasteiger partial charge in [-0.1, -0.05) is 12.1 Å². The third kappa shape index (κ3) is 4.19. The van der Waals surface area contributed by atoms with Gasteiger partial charge in [-0.25, -0.2) is 19.3 Å². The summed E-state index contributed by atoms with van der Waals surface area (Å²) in [5.41, 5.74) is 3.48. The summed E-state index contributed by atoms with van der Waals surface area (Å²) in [6, 6.07) is 3.07. The van der Waals surface area contributed by atoms with Crippen LogP contribution in [0.15, 0.2) is 47.8 Å². The summed E-state index contributed by atoms with van der Waals surface area (Å²) in [5, 5.41) is 7.01. The number of hydrogen-bond acceptors (Lipinski definition) is 6. The third-order valence-corrected chi connectivity index (χ3v) is 6.41. The molecule has 196 valence electrons. The SMILES string of the molecule is Cc1nc(-c2cncc3c2cnn3C)cnc1-n1c(=O)n(CC(=O)NC(C)C(F)(F)F)c2cccc(C)c21. The number of nitrogens with one attached hydrogen (secondary N) is 1. The molecule has 1 unspecified atom stereocenters. The topological polar surface area (TPSA) is 113 Å². The molecule has 4 heterocycles. The Labute approximate surface area is 213 Å². The Morgan fingerprint density at radius 3 is 2.58 bits per heavy atom. The summed E-state index contributed by atoms with van der Waals surface area (Å²) in [4.78, 5) is 39.5. The zero-order valence-corrected chi connectivity index (χ0v) is 20.9. The molecule has 5 rings (SSSR count). The molecule has 0 radical (unpaired) electrons. The minimum absolute atomic E-state index is 0.243. The Bertz CT molecular complexity index is 1770. The molecule has 1 amide bonds. The number of halogens is 3. The standard InChI is InChI=1S/C25H23F3N8O2/c1-13-6-5-7-19-22(13)36(24(38)35(19)12-21(37)33-15(3)25(26,27)28)23-14(2)32-18(10-30-23)16-8-29-11-20-17(16)9-31-34(20)4/h5-11,15H,12H2,1-4H3,(H,33,37). The van der Waals surface area contributed by atoms with Crippen molar-refractivity contribution in [2.45, 2.75) is 39.5 Å². The number of amides is 1. The number of para-hydroxylation sites is 1. The first kappa shape index (κ1) is 25.1. The molecule has 0 bridgehead atoms. The fraction of sp³-hybridized carbons (Fsp3) is 0.280. The summed E-state index contributed by atoms with van der Waals surface area (Å²) in [5.74, 6) is -0.695. The number of alkyl halides is 3. The number of benzene rings is 1. The molecule has 13 heteroatoms. The third-order valence-electron chi connectivity index (χ3n) is 6.41. The van der Waals surface area contributed by atoms with Crippen LogP contribution in [0.3, 0.4) is 0 Å². The van der Waals surface area contributed by atoms with Gasteiger partial charge in [0.05, 0.1) is 46.5 Å². The second-order valence-corrected chi connectivity index (χ2v) is 9.03. The number of fused-ring (bicyclic) bond motifs is 2. The maximum absolute atomic E-state index is 13.6. The fourth-order valence-corrected chi connectivity index (χ4v) is 4.42. The Morgan fingerprint density at radius 1 is 1.11 bits per heavy atom. The molecule has 0 fully saturated rings. The lowest BCUT2D eigenvalue weighted by Crippen LogP contribution is -2.45. The van der Waals surface area contributed by atoms with Gasteiger partial charge in [0, 0.05) is 24.2 Å². The Hall–Kier alpha value is -4.55. The van der Waals surface area contributed by atoms with Crippen molar-refractivity contribution in [3.63, 3.8) is 0 Å². The maximum atomic E-state index is 13.6. The van der Waals surface area contributed by atoms with E-state index in [9.17, 15) is 22.8 Å². The van der Waals surface area contributed by atoms with Crippen molar-refractivity contribution >= 4 is 27.8 Å². The van der Waals surface area contributed by atoms with Crippen LogP contribution in [-0.2, 0) is 18.4 Å². The molecule has 1 aromatic carbocycles. The van der Waals surface area contributed by atoms with Crippen LogP contribution in [0.25, 0.3) is 39.0 Å². The average molecular weight is 525 g/mol. The molecule has 5 aromatic rings. The van der Waals surface area contributed by atoms with E-state index in [2.05, 4.69) is 20.1 Å². The molecule has 0 aliphatic rings. The van der Waals surface area contributed by atoms with Crippen LogP contribution in [0.1, 0.15) is 18.2 Å². The molecule has 1 N–H and O–H groups in total. The molecule has 0 saturated heterocycles. The predicted octanol–water partition coefficient (Wildman–Crippen LogP) is 3.21. The van der Waals surface area contributed by atoms with E-state index in [1.54, 1.807) is 55.3 Å². The Morgan fingerprint density at radius 2 is 1.87 bits per heavy atom. The van der Waals surface area contributed by atoms with Crippen molar-refractivity contribution in [1.82, 2.24) is 39.2 Å². The molecule has 1 atom stereocenters. The quantitative estimate of drug-likeness (QED) is 0.378. The molecule has 0 spiro atoms. The van der Waals surface area contributed by atoms with Gasteiger partial charge in [-0.15, -0.1) is 0 Å². The van der Waals surface area contributed by atoms with Gasteiger partial charge in [-0.05, 0) is 32.4 Å². The zero-order chi connectivity index (χ0) is 27.4. The van der Waals surface area contributed by atoms with E-state index in [1.807, 2.05) is 12.4 Å². The summed E-state index contributed by atoms with van der Waals surface area (Å²) in [6.45, 7) is 3.75. The van der Waals surface area contributed by atoms with E-state index in [4.69, 9.17) is 0 Å².